The molecule has 3 N–H and O–H groups in total. The van der Waals surface area contributed by atoms with Gasteiger partial charge >= 0.3 is 0 Å². The van der Waals surface area contributed by atoms with E-state index in [1.165, 1.54) is 0 Å². The standard InChI is InChI=1S/C12H16F2N2O2/c13-9-3-4-11(10(14)7-9)18-8-12(17)16-6-2-1-5-15/h3-4,7H,1-2,5-6,8,15H2,(H,16,17). The molecule has 0 unspecified atom stereocenters. The minimum Gasteiger partial charge on any atom is -0.481 e. The Morgan fingerprint density at radius 1 is 1.33 bits per heavy atom. The van der Waals surface area contributed by atoms with Gasteiger partial charge in [0.15, 0.2) is 18.2 Å². The Labute approximate surface area is 104 Å². The van der Waals surface area contributed by atoms with Gasteiger partial charge < -0.3 is 15.8 Å². The molecule has 0 heterocycles. The Morgan fingerprint density at radius 3 is 2.78 bits per heavy atom. The number of halogens is 2. The van der Waals surface area contributed by atoms with Crippen LogP contribution >= 0.6 is 0 Å². The number of nitrogens with one attached hydrogen (secondary N) is 1. The van der Waals surface area contributed by atoms with E-state index in [0.717, 1.165) is 25.0 Å². The number of benzene rings is 1. The number of nitrogens with two attached hydrogens (primary N) is 1. The molecule has 1 rings (SSSR count). The minimum absolute atomic E-state index is 0.145. The predicted octanol–water partition coefficient (Wildman–Crippen LogP) is 1.20. The van der Waals surface area contributed by atoms with Gasteiger partial charge in [-0.25, -0.2) is 8.78 Å². The molecule has 0 bridgehead atoms. The molecule has 6 heteroatoms. The van der Waals surface area contributed by atoms with Crippen molar-refractivity contribution in [2.24, 2.45) is 5.73 Å². The van der Waals surface area contributed by atoms with Crippen LogP contribution in [0.4, 0.5) is 8.78 Å². The number of hydrogen-bond acceptors (Lipinski definition) is 3. The molecule has 18 heavy (non-hydrogen) atoms. The van der Waals surface area contributed by atoms with Crippen LogP contribution in [0.1, 0.15) is 12.8 Å². The summed E-state index contributed by atoms with van der Waals surface area (Å²) in [7, 11) is 0. The highest BCUT2D eigenvalue weighted by Gasteiger charge is 2.07. The van der Waals surface area contributed by atoms with Gasteiger partial charge in [-0.15, -0.1) is 0 Å². The van der Waals surface area contributed by atoms with Crippen LogP contribution < -0.4 is 15.8 Å². The summed E-state index contributed by atoms with van der Waals surface area (Å²) in [5, 5.41) is 2.60. The smallest absolute Gasteiger partial charge is 0.257 e. The first-order chi connectivity index (χ1) is 8.63. The molecular weight excluding hydrogens is 242 g/mol. The van der Waals surface area contributed by atoms with Gasteiger partial charge in [-0.3, -0.25) is 4.79 Å². The number of unbranched alkanes of at least 4 members (excludes halogenated alkanes) is 1. The number of rotatable bonds is 7. The molecule has 0 aliphatic carbocycles. The molecule has 0 saturated heterocycles. The van der Waals surface area contributed by atoms with Crippen molar-refractivity contribution in [3.63, 3.8) is 0 Å². The monoisotopic (exact) mass is 258 g/mol. The minimum atomic E-state index is -0.828. The molecule has 0 aliphatic rings. The quantitative estimate of drug-likeness (QED) is 0.722. The molecule has 0 radical (unpaired) electrons. The number of carbonyl (C=O) groups is 1. The van der Waals surface area contributed by atoms with Crippen molar-refractivity contribution >= 4 is 5.91 Å². The average Bonchev–Trinajstić information content (AvgIpc) is 2.33. The molecule has 0 fully saturated rings. The predicted molar refractivity (Wildman–Crippen MR) is 63.2 cm³/mol. The molecular formula is C12H16F2N2O2. The normalized spacial score (nSPS) is 10.2. The van der Waals surface area contributed by atoms with Crippen LogP contribution in [-0.4, -0.2) is 25.6 Å². The maximum absolute atomic E-state index is 13.1. The summed E-state index contributed by atoms with van der Waals surface area (Å²) in [6.07, 6.45) is 1.61. The van der Waals surface area contributed by atoms with E-state index in [-0.39, 0.29) is 18.3 Å². The lowest BCUT2D eigenvalue weighted by Gasteiger charge is -2.07. The molecule has 1 aromatic carbocycles. The zero-order valence-electron chi connectivity index (χ0n) is 9.92. The number of amides is 1. The van der Waals surface area contributed by atoms with Crippen molar-refractivity contribution in [2.45, 2.75) is 12.8 Å². The largest absolute Gasteiger partial charge is 0.481 e. The summed E-state index contributed by atoms with van der Waals surface area (Å²) in [4.78, 5) is 11.3. The third-order valence-electron chi connectivity index (χ3n) is 2.21. The van der Waals surface area contributed by atoms with Gasteiger partial charge in [-0.2, -0.15) is 0 Å². The Balaban J connectivity index is 2.29. The van der Waals surface area contributed by atoms with Crippen LogP contribution in [-0.2, 0) is 4.79 Å². The molecule has 4 nitrogen and oxygen atoms in total. The second-order valence-corrected chi connectivity index (χ2v) is 3.71. The Bertz CT molecular complexity index is 400. The van der Waals surface area contributed by atoms with Crippen molar-refractivity contribution in [1.82, 2.24) is 5.32 Å². The van der Waals surface area contributed by atoms with E-state index in [2.05, 4.69) is 5.32 Å². The maximum Gasteiger partial charge on any atom is 0.257 e. The fourth-order valence-corrected chi connectivity index (χ4v) is 1.28. The maximum atomic E-state index is 13.1. The second-order valence-electron chi connectivity index (χ2n) is 3.71. The molecule has 0 aromatic heterocycles. The number of carbonyl (C=O) groups excluding carboxylic acids is 1. The van der Waals surface area contributed by atoms with Crippen LogP contribution in [0.5, 0.6) is 5.75 Å². The van der Waals surface area contributed by atoms with Gasteiger partial charge in [-0.05, 0) is 31.5 Å². The van der Waals surface area contributed by atoms with Gasteiger partial charge in [-0.1, -0.05) is 0 Å². The first-order valence-corrected chi connectivity index (χ1v) is 5.68. The van der Waals surface area contributed by atoms with Crippen molar-refractivity contribution in [1.29, 1.82) is 0 Å². The molecule has 0 spiro atoms. The van der Waals surface area contributed by atoms with Gasteiger partial charge in [0.25, 0.3) is 5.91 Å². The second kappa shape index (κ2) is 7.60. The van der Waals surface area contributed by atoms with E-state index in [1.807, 2.05) is 0 Å². The molecule has 0 saturated carbocycles. The van der Waals surface area contributed by atoms with Crippen LogP contribution in [0.3, 0.4) is 0 Å². The summed E-state index contributed by atoms with van der Waals surface area (Å²) >= 11 is 0. The van der Waals surface area contributed by atoms with Gasteiger partial charge in [0, 0.05) is 12.6 Å². The molecule has 0 aliphatic heterocycles. The van der Waals surface area contributed by atoms with Crippen LogP contribution in [0.2, 0.25) is 0 Å². The van der Waals surface area contributed by atoms with E-state index in [0.29, 0.717) is 19.2 Å². The van der Waals surface area contributed by atoms with Crippen molar-refractivity contribution in [3.05, 3.63) is 29.8 Å². The summed E-state index contributed by atoms with van der Waals surface area (Å²) in [6, 6.07) is 2.92. The van der Waals surface area contributed by atoms with Gasteiger partial charge in [0.05, 0.1) is 0 Å². The first kappa shape index (κ1) is 14.4. The molecule has 1 aromatic rings. The first-order valence-electron chi connectivity index (χ1n) is 5.68. The molecule has 1 amide bonds. The Kier molecular flexibility index (Phi) is 6.07. The van der Waals surface area contributed by atoms with Crippen LogP contribution in [0.25, 0.3) is 0 Å². The lowest BCUT2D eigenvalue weighted by molar-refractivity contribution is -0.123. The van der Waals surface area contributed by atoms with Crippen molar-refractivity contribution in [2.75, 3.05) is 19.7 Å². The zero-order valence-corrected chi connectivity index (χ0v) is 9.92. The Hall–Kier alpha value is -1.69. The molecule has 0 atom stereocenters. The van der Waals surface area contributed by atoms with Gasteiger partial charge in [0.2, 0.25) is 0 Å². The average molecular weight is 258 g/mol. The van der Waals surface area contributed by atoms with E-state index in [1.54, 1.807) is 0 Å². The van der Waals surface area contributed by atoms with Crippen molar-refractivity contribution in [3.8, 4) is 5.75 Å². The number of ether oxygens (including phenoxy) is 1. The molecule has 100 valence electrons. The lowest BCUT2D eigenvalue weighted by atomic mass is 10.3. The topological polar surface area (TPSA) is 64.3 Å². The highest BCUT2D eigenvalue weighted by Crippen LogP contribution is 2.17. The van der Waals surface area contributed by atoms with Gasteiger partial charge in [0.1, 0.15) is 5.82 Å². The highest BCUT2D eigenvalue weighted by molar-refractivity contribution is 5.77. The van der Waals surface area contributed by atoms with E-state index in [9.17, 15) is 13.6 Å². The number of hydrogen-bond donors (Lipinski definition) is 2. The highest BCUT2D eigenvalue weighted by atomic mass is 19.1. The third-order valence-corrected chi connectivity index (χ3v) is 2.21. The van der Waals surface area contributed by atoms with Crippen LogP contribution in [0.15, 0.2) is 18.2 Å². The summed E-state index contributed by atoms with van der Waals surface area (Å²) < 4.78 is 30.7. The summed E-state index contributed by atoms with van der Waals surface area (Å²) in [5.74, 6) is -2.01. The van der Waals surface area contributed by atoms with E-state index in [4.69, 9.17) is 10.5 Å². The van der Waals surface area contributed by atoms with E-state index >= 15 is 0 Å². The summed E-state index contributed by atoms with van der Waals surface area (Å²) in [6.45, 7) is 0.781. The summed E-state index contributed by atoms with van der Waals surface area (Å²) in [5.41, 5.74) is 5.30. The zero-order chi connectivity index (χ0) is 13.4. The third kappa shape index (κ3) is 5.09. The van der Waals surface area contributed by atoms with Crippen LogP contribution in [0, 0.1) is 11.6 Å². The Morgan fingerprint density at radius 2 is 2.11 bits per heavy atom. The fraction of sp³-hybridized carbons (Fsp3) is 0.417. The fourth-order valence-electron chi connectivity index (χ4n) is 1.28. The van der Waals surface area contributed by atoms with E-state index < -0.39 is 11.6 Å². The SMILES string of the molecule is NCCCCNC(=O)COc1ccc(F)cc1F. The lowest BCUT2D eigenvalue weighted by Crippen LogP contribution is -2.30. The van der Waals surface area contributed by atoms with Crippen molar-refractivity contribution < 1.29 is 18.3 Å².